The van der Waals surface area contributed by atoms with Gasteiger partial charge in [-0.05, 0) is 24.6 Å². The number of benzene rings is 1. The third-order valence-electron chi connectivity index (χ3n) is 3.63. The zero-order valence-corrected chi connectivity index (χ0v) is 12.7. The maximum absolute atomic E-state index is 12.1. The molecule has 2 amide bonds. The molecule has 0 spiro atoms. The van der Waals surface area contributed by atoms with Crippen LogP contribution in [0.15, 0.2) is 53.5 Å². The monoisotopic (exact) mass is 326 g/mol. The van der Waals surface area contributed by atoms with Crippen LogP contribution in [-0.2, 0) is 16.2 Å². The van der Waals surface area contributed by atoms with Crippen LogP contribution in [0.3, 0.4) is 0 Å². The number of carbonyl (C=O) groups is 3. The largest absolute Gasteiger partial charge is 0.333 e. The summed E-state index contributed by atoms with van der Waals surface area (Å²) in [5.41, 5.74) is 0.267. The number of fused-ring (bicyclic) bond motifs is 1. The minimum Gasteiger partial charge on any atom is -0.330 e. The van der Waals surface area contributed by atoms with Crippen molar-refractivity contribution in [3.05, 3.63) is 70.1 Å². The van der Waals surface area contributed by atoms with E-state index in [-0.39, 0.29) is 23.1 Å². The molecule has 2 aromatic rings. The molecule has 2 heterocycles. The van der Waals surface area contributed by atoms with Crippen molar-refractivity contribution in [2.45, 2.75) is 19.4 Å². The molecule has 122 valence electrons. The zero-order chi connectivity index (χ0) is 17.1. The Balaban J connectivity index is 1.57. The second-order valence-electron chi connectivity index (χ2n) is 5.25. The summed E-state index contributed by atoms with van der Waals surface area (Å²) in [6.45, 7) is 0.344. The van der Waals surface area contributed by atoms with Crippen molar-refractivity contribution in [3.63, 3.8) is 0 Å². The predicted octanol–water partition coefficient (Wildman–Crippen LogP) is 1.38. The number of imide groups is 1. The number of carbonyl (C=O) groups excluding carboxylic acids is 3. The van der Waals surface area contributed by atoms with Gasteiger partial charge in [0.25, 0.3) is 11.8 Å². The minimum absolute atomic E-state index is 0.0191. The van der Waals surface area contributed by atoms with Gasteiger partial charge in [0.1, 0.15) is 0 Å². The van der Waals surface area contributed by atoms with E-state index < -0.39 is 17.8 Å². The molecule has 0 saturated carbocycles. The molecular formula is C17H14N2O5. The van der Waals surface area contributed by atoms with Crippen LogP contribution in [0.1, 0.15) is 33.6 Å². The van der Waals surface area contributed by atoms with Crippen LogP contribution < -0.4 is 5.56 Å². The summed E-state index contributed by atoms with van der Waals surface area (Å²) >= 11 is 0. The average Bonchev–Trinajstić information content (AvgIpc) is 2.82. The van der Waals surface area contributed by atoms with Crippen LogP contribution in [0.2, 0.25) is 0 Å². The van der Waals surface area contributed by atoms with Gasteiger partial charge in [-0.3, -0.25) is 14.4 Å². The van der Waals surface area contributed by atoms with Gasteiger partial charge in [0.15, 0.2) is 0 Å². The number of hydrogen-bond donors (Lipinski definition) is 0. The molecule has 3 rings (SSSR count). The van der Waals surface area contributed by atoms with Gasteiger partial charge in [-0.15, -0.1) is 0 Å². The van der Waals surface area contributed by atoms with E-state index in [4.69, 9.17) is 4.84 Å². The Morgan fingerprint density at radius 2 is 1.54 bits per heavy atom. The molecule has 0 fully saturated rings. The first-order valence-electron chi connectivity index (χ1n) is 7.42. The van der Waals surface area contributed by atoms with Gasteiger partial charge in [0, 0.05) is 25.2 Å². The van der Waals surface area contributed by atoms with Gasteiger partial charge in [0.05, 0.1) is 11.1 Å². The molecule has 7 nitrogen and oxygen atoms in total. The molecule has 1 aromatic carbocycles. The summed E-state index contributed by atoms with van der Waals surface area (Å²) in [4.78, 5) is 52.4. The molecule has 0 atom stereocenters. The van der Waals surface area contributed by atoms with E-state index in [0.29, 0.717) is 18.0 Å². The molecule has 1 aromatic heterocycles. The zero-order valence-electron chi connectivity index (χ0n) is 12.7. The van der Waals surface area contributed by atoms with Crippen molar-refractivity contribution < 1.29 is 19.2 Å². The molecule has 0 aliphatic carbocycles. The van der Waals surface area contributed by atoms with Crippen molar-refractivity contribution in [1.29, 1.82) is 0 Å². The first-order chi connectivity index (χ1) is 11.6. The molecule has 7 heteroatoms. The van der Waals surface area contributed by atoms with Crippen molar-refractivity contribution in [3.8, 4) is 0 Å². The fourth-order valence-corrected chi connectivity index (χ4v) is 2.44. The quantitative estimate of drug-likeness (QED) is 0.775. The number of aromatic nitrogens is 1. The summed E-state index contributed by atoms with van der Waals surface area (Å²) in [6, 6.07) is 11.1. The van der Waals surface area contributed by atoms with Gasteiger partial charge in [0.2, 0.25) is 5.56 Å². The maximum atomic E-state index is 12.1. The molecule has 0 radical (unpaired) electrons. The van der Waals surface area contributed by atoms with Crippen LogP contribution in [0.5, 0.6) is 0 Å². The Bertz CT molecular complexity index is 836. The van der Waals surface area contributed by atoms with E-state index >= 15 is 0 Å². The number of hydroxylamine groups is 2. The number of aryl methyl sites for hydroxylation is 1. The van der Waals surface area contributed by atoms with Crippen molar-refractivity contribution >= 4 is 17.8 Å². The SMILES string of the molecule is O=C(CCCn1ccccc1=O)ON1C(=O)c2ccccc2C1=O. The first-order valence-corrected chi connectivity index (χ1v) is 7.42. The third kappa shape index (κ3) is 2.96. The van der Waals surface area contributed by atoms with E-state index in [1.54, 1.807) is 30.5 Å². The third-order valence-corrected chi connectivity index (χ3v) is 3.63. The lowest BCUT2D eigenvalue weighted by Crippen LogP contribution is -2.32. The van der Waals surface area contributed by atoms with Gasteiger partial charge < -0.3 is 9.40 Å². The number of rotatable bonds is 5. The smallest absolute Gasteiger partial charge is 0.330 e. The summed E-state index contributed by atoms with van der Waals surface area (Å²) in [5, 5.41) is 0.488. The topological polar surface area (TPSA) is 85.7 Å². The second kappa shape index (κ2) is 6.49. The highest BCUT2D eigenvalue weighted by molar-refractivity contribution is 6.20. The minimum atomic E-state index is -0.700. The molecule has 1 aliphatic heterocycles. The molecular weight excluding hydrogens is 312 g/mol. The Hall–Kier alpha value is -3.22. The summed E-state index contributed by atoms with van der Waals surface area (Å²) in [6.07, 6.45) is 1.96. The summed E-state index contributed by atoms with van der Waals surface area (Å²) < 4.78 is 1.47. The Morgan fingerprint density at radius 3 is 2.17 bits per heavy atom. The Labute approximate surface area is 137 Å². The summed E-state index contributed by atoms with van der Waals surface area (Å²) in [7, 11) is 0. The summed E-state index contributed by atoms with van der Waals surface area (Å²) in [5.74, 6) is -2.00. The number of hydrogen-bond acceptors (Lipinski definition) is 5. The highest BCUT2D eigenvalue weighted by Crippen LogP contribution is 2.22. The first kappa shape index (κ1) is 15.7. The van der Waals surface area contributed by atoms with Gasteiger partial charge in [-0.1, -0.05) is 23.3 Å². The number of pyridine rings is 1. The van der Waals surface area contributed by atoms with Crippen LogP contribution in [0, 0.1) is 0 Å². The Kier molecular flexibility index (Phi) is 4.24. The van der Waals surface area contributed by atoms with Crippen molar-refractivity contribution in [1.82, 2.24) is 9.63 Å². The van der Waals surface area contributed by atoms with Crippen molar-refractivity contribution in [2.24, 2.45) is 0 Å². The van der Waals surface area contributed by atoms with E-state index in [0.717, 1.165) is 0 Å². The van der Waals surface area contributed by atoms with Gasteiger partial charge >= 0.3 is 5.97 Å². The maximum Gasteiger partial charge on any atom is 0.333 e. The van der Waals surface area contributed by atoms with Crippen LogP contribution in [0.4, 0.5) is 0 Å². The molecule has 24 heavy (non-hydrogen) atoms. The van der Waals surface area contributed by atoms with E-state index in [2.05, 4.69) is 0 Å². The van der Waals surface area contributed by atoms with Gasteiger partial charge in [-0.2, -0.15) is 0 Å². The fourth-order valence-electron chi connectivity index (χ4n) is 2.44. The van der Waals surface area contributed by atoms with Crippen LogP contribution in [-0.4, -0.2) is 27.4 Å². The standard InChI is InChI=1S/C17H14N2O5/c20-14-8-3-4-10-18(14)11-5-9-15(21)24-19-16(22)12-6-1-2-7-13(12)17(19)23/h1-4,6-8,10H,5,9,11H2. The fraction of sp³-hybridized carbons (Fsp3) is 0.176. The predicted molar refractivity (Wildman–Crippen MR) is 83.0 cm³/mol. The molecule has 0 saturated heterocycles. The van der Waals surface area contributed by atoms with Gasteiger partial charge in [-0.25, -0.2) is 4.79 Å². The van der Waals surface area contributed by atoms with E-state index in [1.165, 1.54) is 22.8 Å². The lowest BCUT2D eigenvalue weighted by Gasteiger charge is -2.12. The van der Waals surface area contributed by atoms with E-state index in [1.807, 2.05) is 0 Å². The normalized spacial score (nSPS) is 13.1. The number of nitrogens with zero attached hydrogens (tertiary/aromatic N) is 2. The highest BCUT2D eigenvalue weighted by Gasteiger charge is 2.38. The van der Waals surface area contributed by atoms with Crippen LogP contribution in [0.25, 0.3) is 0 Å². The van der Waals surface area contributed by atoms with E-state index in [9.17, 15) is 19.2 Å². The van der Waals surface area contributed by atoms with Crippen molar-refractivity contribution in [2.75, 3.05) is 0 Å². The average molecular weight is 326 g/mol. The Morgan fingerprint density at radius 1 is 0.917 bits per heavy atom. The lowest BCUT2D eigenvalue weighted by atomic mass is 10.1. The second-order valence-corrected chi connectivity index (χ2v) is 5.25. The molecule has 0 N–H and O–H groups in total. The highest BCUT2D eigenvalue weighted by atomic mass is 16.7. The van der Waals surface area contributed by atoms with Crippen LogP contribution >= 0.6 is 0 Å². The lowest BCUT2D eigenvalue weighted by molar-refractivity contribution is -0.168. The molecule has 0 unspecified atom stereocenters. The number of amides is 2. The molecule has 1 aliphatic rings. The molecule has 0 bridgehead atoms.